The molecule has 0 amide bonds. The average molecular weight is 392 g/mol. The van der Waals surface area contributed by atoms with Gasteiger partial charge in [0.2, 0.25) is 0 Å². The third-order valence-electron chi connectivity index (χ3n) is 5.54. The molecule has 1 aliphatic carbocycles. The molecule has 0 saturated carbocycles. The molecule has 1 saturated heterocycles. The van der Waals surface area contributed by atoms with E-state index in [0.717, 1.165) is 19.3 Å². The standard InChI is InChI=1S/C23H30F2O3/c1-3-4-5-16-6-9-18(10-7-16)19-11-8-17(14-27-19)15-28-21-13-12-20(26-2)22(24)23(21)25/h6-7,9-10,17,19H,3-5,8,11-15H2,1-2H3. The second-order valence-corrected chi connectivity index (χ2v) is 7.60. The highest BCUT2D eigenvalue weighted by atomic mass is 19.2. The van der Waals surface area contributed by atoms with Gasteiger partial charge in [-0.05, 0) is 36.8 Å². The fourth-order valence-corrected chi connectivity index (χ4v) is 3.72. The predicted molar refractivity (Wildman–Crippen MR) is 105 cm³/mol. The fraction of sp³-hybridized carbons (Fsp3) is 0.565. The summed E-state index contributed by atoms with van der Waals surface area (Å²) >= 11 is 0. The quantitative estimate of drug-likeness (QED) is 0.518. The molecule has 1 aliphatic heterocycles. The second-order valence-electron chi connectivity index (χ2n) is 7.60. The lowest BCUT2D eigenvalue weighted by molar-refractivity contribution is -0.0368. The van der Waals surface area contributed by atoms with E-state index in [1.54, 1.807) is 0 Å². The lowest BCUT2D eigenvalue weighted by Gasteiger charge is -2.30. The molecule has 0 radical (unpaired) electrons. The van der Waals surface area contributed by atoms with Gasteiger partial charge in [0.15, 0.2) is 11.7 Å². The van der Waals surface area contributed by atoms with Crippen LogP contribution in [0.5, 0.6) is 0 Å². The Labute approximate surface area is 166 Å². The van der Waals surface area contributed by atoms with Crippen LogP contribution in [0.4, 0.5) is 8.78 Å². The van der Waals surface area contributed by atoms with Crippen molar-refractivity contribution in [2.75, 3.05) is 20.3 Å². The van der Waals surface area contributed by atoms with E-state index in [1.165, 1.54) is 31.1 Å². The Morgan fingerprint density at radius 1 is 1.04 bits per heavy atom. The summed E-state index contributed by atoms with van der Waals surface area (Å²) in [6, 6.07) is 8.71. The number of halogens is 2. The van der Waals surface area contributed by atoms with Crippen molar-refractivity contribution < 1.29 is 23.0 Å². The largest absolute Gasteiger partial charge is 0.498 e. The first-order valence-corrected chi connectivity index (χ1v) is 10.3. The van der Waals surface area contributed by atoms with Crippen LogP contribution in [0.25, 0.3) is 0 Å². The van der Waals surface area contributed by atoms with Crippen molar-refractivity contribution in [2.45, 2.75) is 58.0 Å². The summed E-state index contributed by atoms with van der Waals surface area (Å²) in [5, 5.41) is 0. The molecular weight excluding hydrogens is 362 g/mol. The minimum absolute atomic E-state index is 0.0504. The molecule has 28 heavy (non-hydrogen) atoms. The molecule has 3 nitrogen and oxygen atoms in total. The highest BCUT2D eigenvalue weighted by molar-refractivity contribution is 5.29. The number of hydrogen-bond donors (Lipinski definition) is 0. The zero-order valence-corrected chi connectivity index (χ0v) is 16.8. The van der Waals surface area contributed by atoms with Crippen LogP contribution in [0.15, 0.2) is 47.4 Å². The number of aryl methyl sites for hydroxylation is 1. The van der Waals surface area contributed by atoms with Crippen LogP contribution < -0.4 is 0 Å². The Bertz CT molecular complexity index is 701. The molecule has 154 valence electrons. The van der Waals surface area contributed by atoms with Crippen molar-refractivity contribution in [2.24, 2.45) is 5.92 Å². The molecule has 0 spiro atoms. The molecule has 1 aromatic carbocycles. The van der Waals surface area contributed by atoms with E-state index in [-0.39, 0.29) is 23.5 Å². The Hall–Kier alpha value is -1.88. The molecule has 3 rings (SSSR count). The molecule has 0 bridgehead atoms. The number of unbranched alkanes of at least 4 members (excludes halogenated alkanes) is 1. The van der Waals surface area contributed by atoms with Crippen molar-refractivity contribution >= 4 is 0 Å². The fourth-order valence-electron chi connectivity index (χ4n) is 3.72. The van der Waals surface area contributed by atoms with Crippen molar-refractivity contribution in [3.8, 4) is 0 Å². The van der Waals surface area contributed by atoms with Crippen molar-refractivity contribution in [3.05, 3.63) is 58.6 Å². The first-order valence-electron chi connectivity index (χ1n) is 10.3. The highest BCUT2D eigenvalue weighted by Crippen LogP contribution is 2.35. The molecule has 1 aromatic rings. The van der Waals surface area contributed by atoms with Crippen molar-refractivity contribution in [1.29, 1.82) is 0 Å². The number of ether oxygens (including phenoxy) is 3. The molecule has 2 unspecified atom stereocenters. The molecule has 2 atom stereocenters. The van der Waals surface area contributed by atoms with E-state index in [2.05, 4.69) is 31.2 Å². The van der Waals surface area contributed by atoms with Crippen LogP contribution in [0.3, 0.4) is 0 Å². The van der Waals surface area contributed by atoms with E-state index >= 15 is 0 Å². The summed E-state index contributed by atoms with van der Waals surface area (Å²) in [5.41, 5.74) is 2.58. The van der Waals surface area contributed by atoms with Crippen LogP contribution in [-0.4, -0.2) is 20.3 Å². The van der Waals surface area contributed by atoms with E-state index in [4.69, 9.17) is 14.2 Å². The maximum absolute atomic E-state index is 14.0. The summed E-state index contributed by atoms with van der Waals surface area (Å²) in [6.07, 6.45) is 6.14. The average Bonchev–Trinajstić information content (AvgIpc) is 2.74. The Balaban J connectivity index is 1.47. The maximum Gasteiger partial charge on any atom is 0.199 e. The minimum atomic E-state index is -0.939. The van der Waals surface area contributed by atoms with Crippen molar-refractivity contribution in [1.82, 2.24) is 0 Å². The van der Waals surface area contributed by atoms with E-state index in [1.807, 2.05) is 0 Å². The Kier molecular flexibility index (Phi) is 7.49. The van der Waals surface area contributed by atoms with Gasteiger partial charge in [0.1, 0.15) is 11.5 Å². The number of benzene rings is 1. The van der Waals surface area contributed by atoms with Gasteiger partial charge in [0.25, 0.3) is 0 Å². The summed E-state index contributed by atoms with van der Waals surface area (Å²) in [6.45, 7) is 3.12. The molecule has 1 heterocycles. The van der Waals surface area contributed by atoms with Crippen LogP contribution in [0, 0.1) is 5.92 Å². The number of hydrogen-bond acceptors (Lipinski definition) is 3. The van der Waals surface area contributed by atoms with Gasteiger partial charge in [-0.25, -0.2) is 0 Å². The highest BCUT2D eigenvalue weighted by Gasteiger charge is 2.27. The minimum Gasteiger partial charge on any atom is -0.498 e. The molecule has 0 N–H and O–H groups in total. The van der Waals surface area contributed by atoms with Gasteiger partial charge in [-0.1, -0.05) is 37.6 Å². The third-order valence-corrected chi connectivity index (χ3v) is 5.54. The smallest absolute Gasteiger partial charge is 0.199 e. The second kappa shape index (κ2) is 10.1. The first kappa shape index (κ1) is 20.8. The van der Waals surface area contributed by atoms with Gasteiger partial charge in [-0.2, -0.15) is 8.78 Å². The van der Waals surface area contributed by atoms with Crippen LogP contribution in [0.1, 0.15) is 62.7 Å². The molecule has 5 heteroatoms. The monoisotopic (exact) mass is 392 g/mol. The maximum atomic E-state index is 14.0. The normalized spacial score (nSPS) is 23.1. The van der Waals surface area contributed by atoms with E-state index < -0.39 is 11.7 Å². The van der Waals surface area contributed by atoms with Crippen LogP contribution in [-0.2, 0) is 20.6 Å². The van der Waals surface area contributed by atoms with Gasteiger partial charge in [0, 0.05) is 18.8 Å². The summed E-state index contributed by atoms with van der Waals surface area (Å²) in [7, 11) is 1.35. The third kappa shape index (κ3) is 5.13. The SMILES string of the molecule is CCCCc1ccc(C2CCC(COC3=C(F)C(F)=C(OC)CC3)CO2)cc1. The van der Waals surface area contributed by atoms with Gasteiger partial charge < -0.3 is 14.2 Å². The topological polar surface area (TPSA) is 27.7 Å². The lowest BCUT2D eigenvalue weighted by Crippen LogP contribution is -2.24. The van der Waals surface area contributed by atoms with Crippen molar-refractivity contribution in [3.63, 3.8) is 0 Å². The van der Waals surface area contributed by atoms with E-state index in [9.17, 15) is 8.78 Å². The zero-order chi connectivity index (χ0) is 19.9. The molecule has 1 fully saturated rings. The molecule has 0 aromatic heterocycles. The molecule has 2 aliphatic rings. The number of methoxy groups -OCH3 is 1. The van der Waals surface area contributed by atoms with Gasteiger partial charge >= 0.3 is 0 Å². The lowest BCUT2D eigenvalue weighted by atomic mass is 9.94. The van der Waals surface area contributed by atoms with Gasteiger partial charge in [-0.3, -0.25) is 0 Å². The van der Waals surface area contributed by atoms with E-state index in [0.29, 0.717) is 26.1 Å². The number of allylic oxidation sites excluding steroid dienone is 4. The Morgan fingerprint density at radius 3 is 2.39 bits per heavy atom. The summed E-state index contributed by atoms with van der Waals surface area (Å²) < 4.78 is 44.3. The summed E-state index contributed by atoms with van der Waals surface area (Å²) in [4.78, 5) is 0. The van der Waals surface area contributed by atoms with Crippen LogP contribution >= 0.6 is 0 Å². The van der Waals surface area contributed by atoms with Gasteiger partial charge in [-0.15, -0.1) is 0 Å². The Morgan fingerprint density at radius 2 is 1.75 bits per heavy atom. The van der Waals surface area contributed by atoms with Gasteiger partial charge in [0.05, 0.1) is 26.4 Å². The molecular formula is C23H30F2O3. The predicted octanol–water partition coefficient (Wildman–Crippen LogP) is 6.32. The van der Waals surface area contributed by atoms with Crippen LogP contribution in [0.2, 0.25) is 0 Å². The zero-order valence-electron chi connectivity index (χ0n) is 16.8. The number of rotatable bonds is 8. The first-order chi connectivity index (χ1) is 13.6. The summed E-state index contributed by atoms with van der Waals surface area (Å²) in [5.74, 6) is -1.54.